The number of ether oxygens (including phenoxy) is 4. The Balaban J connectivity index is 0.000000149. The average molecular weight is 911 g/mol. The number of nitrogens with zero attached hydrogens (tertiary/aromatic N) is 4. The number of hydrogen-bond donors (Lipinski definition) is 4. The lowest BCUT2D eigenvalue weighted by molar-refractivity contribution is -0.119. The molecule has 0 radical (unpaired) electrons. The summed E-state index contributed by atoms with van der Waals surface area (Å²) in [6, 6.07) is 22.8. The highest BCUT2D eigenvalue weighted by molar-refractivity contribution is 6.58. The van der Waals surface area contributed by atoms with Gasteiger partial charge in [-0.1, -0.05) is 35.9 Å². The molecule has 10 rings (SSSR count). The summed E-state index contributed by atoms with van der Waals surface area (Å²) in [7, 11) is 1.59. The van der Waals surface area contributed by atoms with Gasteiger partial charge in [0, 0.05) is 42.9 Å². The van der Waals surface area contributed by atoms with Crippen molar-refractivity contribution in [3.05, 3.63) is 135 Å². The summed E-state index contributed by atoms with van der Waals surface area (Å²) in [6.07, 6.45) is 8.37. The van der Waals surface area contributed by atoms with Crippen LogP contribution in [0.25, 0.3) is 11.3 Å². The molecule has 0 saturated heterocycles. The molecule has 4 aliphatic rings. The Morgan fingerprint density at radius 1 is 0.667 bits per heavy atom. The van der Waals surface area contributed by atoms with Gasteiger partial charge < -0.3 is 39.6 Å². The van der Waals surface area contributed by atoms with Crippen LogP contribution in [0.4, 0.5) is 11.6 Å². The van der Waals surface area contributed by atoms with Gasteiger partial charge in [0.25, 0.3) is 0 Å². The van der Waals surface area contributed by atoms with Gasteiger partial charge in [-0.15, -0.1) is 0 Å². The molecule has 2 aliphatic heterocycles. The third-order valence-electron chi connectivity index (χ3n) is 12.8. The number of hydrogen-bond acceptors (Lipinski definition) is 12. The van der Waals surface area contributed by atoms with E-state index in [2.05, 4.69) is 37.7 Å². The monoisotopic (exact) mass is 910 g/mol. The van der Waals surface area contributed by atoms with E-state index in [9.17, 15) is 9.59 Å². The molecule has 2 aliphatic carbocycles. The van der Waals surface area contributed by atoms with Crippen LogP contribution in [0.15, 0.2) is 85.2 Å². The number of aryl methyl sites for hydroxylation is 2. The SMILES string of the molecule is COc1cc(-c2nc(NC(=O)C3(c4ccc5c(c4)CCO5)CC3)cc(C)c2C)ccn1.COc1cc(B(O)O)ccn1.Cc1cc(NC(=O)C2(c3ccc4c(c3)CCO4)CC2)nc(Cl)c1C. The van der Waals surface area contributed by atoms with E-state index in [0.29, 0.717) is 40.6 Å². The van der Waals surface area contributed by atoms with Gasteiger partial charge >= 0.3 is 7.12 Å². The molecule has 0 unspecified atom stereocenters. The second kappa shape index (κ2) is 19.1. The summed E-state index contributed by atoms with van der Waals surface area (Å²) in [6.45, 7) is 9.39. The van der Waals surface area contributed by atoms with Gasteiger partial charge in [0.15, 0.2) is 0 Å². The lowest BCUT2D eigenvalue weighted by Gasteiger charge is -2.18. The number of carbonyl (C=O) groups is 2. The van der Waals surface area contributed by atoms with E-state index >= 15 is 0 Å². The number of methoxy groups -OCH3 is 2. The first kappa shape index (κ1) is 46.0. The van der Waals surface area contributed by atoms with Gasteiger partial charge in [0.2, 0.25) is 23.6 Å². The molecule has 0 bridgehead atoms. The fraction of sp³-hybridized carbons (Fsp3) is 0.320. The second-order valence-corrected chi connectivity index (χ2v) is 17.4. The second-order valence-electron chi connectivity index (χ2n) is 17.0. The van der Waals surface area contributed by atoms with Gasteiger partial charge in [-0.25, -0.2) is 19.9 Å². The molecule has 0 spiro atoms. The van der Waals surface area contributed by atoms with Crippen molar-refractivity contribution in [2.24, 2.45) is 0 Å². The number of halogens is 1. The number of aromatic nitrogens is 4. The summed E-state index contributed by atoms with van der Waals surface area (Å²) in [5.41, 5.74) is 9.78. The molecule has 4 N–H and O–H groups in total. The molecule has 2 fully saturated rings. The average Bonchev–Trinajstić information content (AvgIpc) is 4.22. The zero-order valence-electron chi connectivity index (χ0n) is 37.8. The normalized spacial score (nSPS) is 15.2. The Kier molecular flexibility index (Phi) is 13.3. The van der Waals surface area contributed by atoms with Crippen molar-refractivity contribution in [3.8, 4) is 34.5 Å². The number of fused-ring (bicyclic) bond motifs is 2. The summed E-state index contributed by atoms with van der Waals surface area (Å²) in [5.74, 6) is 3.86. The highest BCUT2D eigenvalue weighted by Gasteiger charge is 2.52. The minimum atomic E-state index is -1.47. The first-order chi connectivity index (χ1) is 31.7. The largest absolute Gasteiger partial charge is 0.493 e. The summed E-state index contributed by atoms with van der Waals surface area (Å²) >= 11 is 6.14. The third-order valence-corrected chi connectivity index (χ3v) is 13.2. The van der Waals surface area contributed by atoms with Crippen LogP contribution < -0.4 is 35.0 Å². The molecule has 16 heteroatoms. The minimum Gasteiger partial charge on any atom is -0.493 e. The van der Waals surface area contributed by atoms with Crippen molar-refractivity contribution >= 4 is 47.6 Å². The van der Waals surface area contributed by atoms with Crippen molar-refractivity contribution in [3.63, 3.8) is 0 Å². The molecule has 66 heavy (non-hydrogen) atoms. The van der Waals surface area contributed by atoms with Gasteiger partial charge in [-0.3, -0.25) is 9.59 Å². The molecular weight excluding hydrogens is 859 g/mol. The first-order valence-electron chi connectivity index (χ1n) is 21.9. The topological polar surface area (TPSA) is 187 Å². The van der Waals surface area contributed by atoms with Crippen molar-refractivity contribution < 1.29 is 38.6 Å². The molecule has 4 aromatic heterocycles. The molecule has 2 aromatic carbocycles. The van der Waals surface area contributed by atoms with Gasteiger partial charge in [0.1, 0.15) is 28.3 Å². The fourth-order valence-corrected chi connectivity index (χ4v) is 8.43. The van der Waals surface area contributed by atoms with Crippen molar-refractivity contribution in [2.45, 2.75) is 77.0 Å². The van der Waals surface area contributed by atoms with Crippen LogP contribution in [0, 0.1) is 27.7 Å². The minimum absolute atomic E-state index is 0.000349. The zero-order chi connectivity index (χ0) is 46.8. The third kappa shape index (κ3) is 9.69. The maximum Gasteiger partial charge on any atom is 0.488 e. The Hall–Kier alpha value is -6.55. The molecule has 6 aromatic rings. The van der Waals surface area contributed by atoms with Crippen LogP contribution in [0.5, 0.6) is 23.3 Å². The van der Waals surface area contributed by atoms with Gasteiger partial charge in [-0.2, -0.15) is 0 Å². The zero-order valence-corrected chi connectivity index (χ0v) is 38.6. The van der Waals surface area contributed by atoms with E-state index in [1.165, 1.54) is 36.6 Å². The molecular formula is C50H52BClN6O8. The maximum atomic E-state index is 13.3. The number of rotatable bonds is 10. The van der Waals surface area contributed by atoms with Crippen LogP contribution in [0.2, 0.25) is 5.15 Å². The van der Waals surface area contributed by atoms with Crippen LogP contribution >= 0.6 is 11.6 Å². The Labute approximate surface area is 389 Å². The highest BCUT2D eigenvalue weighted by Crippen LogP contribution is 2.51. The molecule has 2 amide bonds. The van der Waals surface area contributed by atoms with Crippen LogP contribution in [-0.4, -0.2) is 76.4 Å². The van der Waals surface area contributed by atoms with Crippen LogP contribution in [-0.2, 0) is 33.3 Å². The molecule has 2 saturated carbocycles. The van der Waals surface area contributed by atoms with E-state index in [1.807, 2.05) is 76.2 Å². The predicted octanol–water partition coefficient (Wildman–Crippen LogP) is 7.10. The predicted molar refractivity (Wildman–Crippen MR) is 253 cm³/mol. The number of benzene rings is 2. The highest BCUT2D eigenvalue weighted by atomic mass is 35.5. The van der Waals surface area contributed by atoms with E-state index in [0.717, 1.165) is 101 Å². The number of carbonyl (C=O) groups excluding carboxylic acids is 2. The Morgan fingerprint density at radius 3 is 1.67 bits per heavy atom. The van der Waals surface area contributed by atoms with Crippen molar-refractivity contribution in [2.75, 3.05) is 38.1 Å². The van der Waals surface area contributed by atoms with E-state index < -0.39 is 17.9 Å². The Morgan fingerprint density at radius 2 is 1.17 bits per heavy atom. The summed E-state index contributed by atoms with van der Waals surface area (Å²) < 4.78 is 21.2. The maximum absolute atomic E-state index is 13.3. The van der Waals surface area contributed by atoms with E-state index in [4.69, 9.17) is 45.6 Å². The lowest BCUT2D eigenvalue weighted by Crippen LogP contribution is -2.29. The lowest BCUT2D eigenvalue weighted by atomic mass is 9.81. The smallest absolute Gasteiger partial charge is 0.488 e. The Bertz CT molecular complexity index is 2790. The fourth-order valence-electron chi connectivity index (χ4n) is 8.19. The quantitative estimate of drug-likeness (QED) is 0.0808. The van der Waals surface area contributed by atoms with Gasteiger partial charge in [-0.05, 0) is 140 Å². The molecule has 0 atom stereocenters. The number of amides is 2. The van der Waals surface area contributed by atoms with Crippen LogP contribution in [0.3, 0.4) is 0 Å². The van der Waals surface area contributed by atoms with E-state index in [1.54, 1.807) is 13.3 Å². The van der Waals surface area contributed by atoms with Gasteiger partial charge in [0.05, 0.1) is 44.0 Å². The number of pyridine rings is 4. The molecule has 14 nitrogen and oxygen atoms in total. The van der Waals surface area contributed by atoms with Crippen molar-refractivity contribution in [1.29, 1.82) is 0 Å². The number of anilines is 2. The summed E-state index contributed by atoms with van der Waals surface area (Å²) in [5, 5.41) is 23.9. The standard InChI is InChI=1S/C25H25N3O3.C19H19ClN2O2.C6H8BNO3/c1-15-12-21(27-23(16(15)2)18-6-10-26-22(14-18)30-3)28-24(29)25(8-9-25)19-4-5-20-17(13-19)7-11-31-20;1-11-9-16(21-17(20)12(11)2)22-18(23)19(6-7-19)14-3-4-15-13(10-14)5-8-24-15;1-11-6-4-5(7(9)10)2-3-8-6/h4-6,10,12-14H,7-9,11H2,1-3H3,(H,27,28,29);3-4,9-10H,5-8H2,1-2H3,(H,21,22,23);2-4,9-10H,1H3. The summed E-state index contributed by atoms with van der Waals surface area (Å²) in [4.78, 5) is 43.2. The molecule has 6 heterocycles. The van der Waals surface area contributed by atoms with Crippen molar-refractivity contribution in [1.82, 2.24) is 19.9 Å². The number of nitrogens with one attached hydrogen (secondary N) is 2. The first-order valence-corrected chi connectivity index (χ1v) is 22.2. The molecule has 340 valence electrons. The van der Waals surface area contributed by atoms with E-state index in [-0.39, 0.29) is 11.8 Å². The van der Waals surface area contributed by atoms with Crippen LogP contribution in [0.1, 0.15) is 70.2 Å².